The van der Waals surface area contributed by atoms with Crippen LogP contribution in [-0.4, -0.2) is 0 Å². The van der Waals surface area contributed by atoms with E-state index in [4.69, 9.17) is 0 Å². The maximum absolute atomic E-state index is 4.26. The Labute approximate surface area is 152 Å². The molecule has 0 aliphatic carbocycles. The van der Waals surface area contributed by atoms with Gasteiger partial charge in [-0.15, -0.1) is 6.58 Å². The van der Waals surface area contributed by atoms with Crippen molar-refractivity contribution in [1.82, 2.24) is 0 Å². The van der Waals surface area contributed by atoms with Crippen LogP contribution in [0.5, 0.6) is 0 Å². The lowest BCUT2D eigenvalue weighted by Gasteiger charge is -2.09. The molecule has 0 N–H and O–H groups in total. The standard InChI is InChI=1S/C25H28/c1-6-7-8-22-13-15-25(16-14-22)21(5)18-24-11-9-23(10-12-24)17-20(4)19(2)3/h6,9-16H,1-2,4-5,7-8,17-18H2,3H3. The van der Waals surface area contributed by atoms with Crippen LogP contribution in [0.2, 0.25) is 0 Å². The summed E-state index contributed by atoms with van der Waals surface area (Å²) in [5.41, 5.74) is 8.40. The average Bonchev–Trinajstić information content (AvgIpc) is 2.61. The molecule has 0 bridgehead atoms. The summed E-state index contributed by atoms with van der Waals surface area (Å²) < 4.78 is 0. The van der Waals surface area contributed by atoms with Crippen LogP contribution in [0.25, 0.3) is 5.57 Å². The molecule has 0 heterocycles. The highest BCUT2D eigenvalue weighted by molar-refractivity contribution is 5.65. The van der Waals surface area contributed by atoms with Gasteiger partial charge in [0.1, 0.15) is 0 Å². The third-order valence-electron chi connectivity index (χ3n) is 4.46. The van der Waals surface area contributed by atoms with E-state index in [1.807, 2.05) is 13.0 Å². The van der Waals surface area contributed by atoms with E-state index in [9.17, 15) is 0 Å². The SMILES string of the molecule is C=CCCc1ccc(C(=C)Cc2ccc(CC(=C)C(=C)C)cc2)cc1. The molecule has 0 saturated heterocycles. The van der Waals surface area contributed by atoms with E-state index in [1.54, 1.807) is 0 Å². The highest BCUT2D eigenvalue weighted by atomic mass is 14.1. The molecule has 0 heteroatoms. The van der Waals surface area contributed by atoms with Crippen LogP contribution >= 0.6 is 0 Å². The highest BCUT2D eigenvalue weighted by Crippen LogP contribution is 2.20. The molecule has 0 fully saturated rings. The summed E-state index contributed by atoms with van der Waals surface area (Å²) in [4.78, 5) is 0. The van der Waals surface area contributed by atoms with Crippen molar-refractivity contribution in [2.24, 2.45) is 0 Å². The van der Waals surface area contributed by atoms with Crippen molar-refractivity contribution < 1.29 is 0 Å². The topological polar surface area (TPSA) is 0 Å². The fraction of sp³-hybridized carbons (Fsp3) is 0.200. The number of hydrogen-bond acceptors (Lipinski definition) is 0. The zero-order chi connectivity index (χ0) is 18.2. The van der Waals surface area contributed by atoms with Crippen LogP contribution in [0, 0.1) is 0 Å². The average molecular weight is 328 g/mol. The molecule has 0 unspecified atom stereocenters. The Morgan fingerprint density at radius 2 is 1.32 bits per heavy atom. The fourth-order valence-electron chi connectivity index (χ4n) is 2.70. The molecular formula is C25H28. The minimum Gasteiger partial charge on any atom is -0.103 e. The molecule has 0 nitrogen and oxygen atoms in total. The van der Waals surface area contributed by atoms with Crippen LogP contribution < -0.4 is 0 Å². The van der Waals surface area contributed by atoms with Gasteiger partial charge in [0.15, 0.2) is 0 Å². The van der Waals surface area contributed by atoms with Crippen molar-refractivity contribution in [2.45, 2.75) is 32.6 Å². The minimum atomic E-state index is 0.864. The molecule has 2 aromatic carbocycles. The van der Waals surface area contributed by atoms with Crippen molar-refractivity contribution in [3.8, 4) is 0 Å². The molecule has 0 radical (unpaired) electrons. The molecule has 0 aliphatic heterocycles. The summed E-state index contributed by atoms with van der Waals surface area (Å²) in [6.45, 7) is 18.1. The Morgan fingerprint density at radius 3 is 1.84 bits per heavy atom. The molecule has 0 atom stereocenters. The van der Waals surface area contributed by atoms with Crippen molar-refractivity contribution in [3.63, 3.8) is 0 Å². The number of aryl methyl sites for hydroxylation is 1. The molecule has 128 valence electrons. The third-order valence-corrected chi connectivity index (χ3v) is 4.46. The van der Waals surface area contributed by atoms with Gasteiger partial charge in [-0.25, -0.2) is 0 Å². The van der Waals surface area contributed by atoms with Crippen molar-refractivity contribution >= 4 is 5.57 Å². The van der Waals surface area contributed by atoms with Crippen molar-refractivity contribution in [2.75, 3.05) is 0 Å². The Bertz CT molecular complexity index is 755. The second kappa shape index (κ2) is 9.03. The molecule has 2 aromatic rings. The lowest BCUT2D eigenvalue weighted by Crippen LogP contribution is -1.93. The van der Waals surface area contributed by atoms with Crippen LogP contribution in [0.15, 0.2) is 92.1 Å². The maximum Gasteiger partial charge on any atom is -0.00257 e. The minimum absolute atomic E-state index is 0.864. The van der Waals surface area contributed by atoms with E-state index < -0.39 is 0 Å². The van der Waals surface area contributed by atoms with E-state index in [1.165, 1.54) is 22.3 Å². The van der Waals surface area contributed by atoms with Crippen LogP contribution in [0.4, 0.5) is 0 Å². The first kappa shape index (κ1) is 18.7. The van der Waals surface area contributed by atoms with E-state index in [0.29, 0.717) is 0 Å². The van der Waals surface area contributed by atoms with E-state index in [-0.39, 0.29) is 0 Å². The highest BCUT2D eigenvalue weighted by Gasteiger charge is 2.03. The first-order chi connectivity index (χ1) is 12.0. The summed E-state index contributed by atoms with van der Waals surface area (Å²) in [5.74, 6) is 0. The Balaban J connectivity index is 1.97. The molecule has 25 heavy (non-hydrogen) atoms. The first-order valence-corrected chi connectivity index (χ1v) is 8.79. The number of benzene rings is 2. The van der Waals surface area contributed by atoms with Gasteiger partial charge in [0.25, 0.3) is 0 Å². The summed E-state index contributed by atoms with van der Waals surface area (Å²) in [6.07, 6.45) is 5.76. The van der Waals surface area contributed by atoms with Gasteiger partial charge in [-0.1, -0.05) is 79.9 Å². The fourth-order valence-corrected chi connectivity index (χ4v) is 2.70. The Hall–Kier alpha value is -2.60. The van der Waals surface area contributed by atoms with Gasteiger partial charge < -0.3 is 0 Å². The second-order valence-corrected chi connectivity index (χ2v) is 6.68. The first-order valence-electron chi connectivity index (χ1n) is 8.79. The van der Waals surface area contributed by atoms with Crippen LogP contribution in [-0.2, 0) is 19.3 Å². The quantitative estimate of drug-likeness (QED) is 0.353. The van der Waals surface area contributed by atoms with Gasteiger partial charge in [-0.3, -0.25) is 0 Å². The van der Waals surface area contributed by atoms with Crippen molar-refractivity contribution in [1.29, 1.82) is 0 Å². The van der Waals surface area contributed by atoms with Gasteiger partial charge in [0.05, 0.1) is 0 Å². The van der Waals surface area contributed by atoms with E-state index >= 15 is 0 Å². The summed E-state index contributed by atoms with van der Waals surface area (Å²) in [5, 5.41) is 0. The predicted molar refractivity (Wildman–Crippen MR) is 112 cm³/mol. The summed E-state index contributed by atoms with van der Waals surface area (Å²) in [7, 11) is 0. The van der Waals surface area contributed by atoms with E-state index in [0.717, 1.165) is 42.4 Å². The third kappa shape index (κ3) is 5.76. The number of rotatable bonds is 9. The number of hydrogen-bond donors (Lipinski definition) is 0. The largest absolute Gasteiger partial charge is 0.103 e. The van der Waals surface area contributed by atoms with Gasteiger partial charge in [0, 0.05) is 0 Å². The molecule has 0 saturated carbocycles. The zero-order valence-corrected chi connectivity index (χ0v) is 15.4. The molecule has 0 spiro atoms. The van der Waals surface area contributed by atoms with Gasteiger partial charge in [-0.05, 0) is 66.0 Å². The van der Waals surface area contributed by atoms with Crippen LogP contribution in [0.3, 0.4) is 0 Å². The predicted octanol–water partition coefficient (Wildman–Crippen LogP) is 6.74. The normalized spacial score (nSPS) is 10.3. The summed E-state index contributed by atoms with van der Waals surface area (Å²) in [6, 6.07) is 17.4. The van der Waals surface area contributed by atoms with Gasteiger partial charge in [-0.2, -0.15) is 0 Å². The van der Waals surface area contributed by atoms with Crippen LogP contribution in [0.1, 0.15) is 35.6 Å². The maximum atomic E-state index is 4.26. The molecular weight excluding hydrogens is 300 g/mol. The summed E-state index contributed by atoms with van der Waals surface area (Å²) >= 11 is 0. The van der Waals surface area contributed by atoms with Gasteiger partial charge in [0.2, 0.25) is 0 Å². The Morgan fingerprint density at radius 1 is 0.800 bits per heavy atom. The lowest BCUT2D eigenvalue weighted by atomic mass is 9.96. The van der Waals surface area contributed by atoms with Gasteiger partial charge >= 0.3 is 0 Å². The molecule has 0 aliphatic rings. The van der Waals surface area contributed by atoms with E-state index in [2.05, 4.69) is 74.8 Å². The lowest BCUT2D eigenvalue weighted by molar-refractivity contribution is 1.00. The Kier molecular flexibility index (Phi) is 6.77. The smallest absolute Gasteiger partial charge is 0.00257 e. The zero-order valence-electron chi connectivity index (χ0n) is 15.4. The molecule has 0 aromatic heterocycles. The monoisotopic (exact) mass is 328 g/mol. The molecule has 0 amide bonds. The number of allylic oxidation sites excluding steroid dienone is 4. The van der Waals surface area contributed by atoms with Crippen molar-refractivity contribution in [3.05, 3.63) is 114 Å². The molecule has 2 rings (SSSR count). The second-order valence-electron chi connectivity index (χ2n) is 6.68.